The molecule has 3 heterocycles. The summed E-state index contributed by atoms with van der Waals surface area (Å²) in [7, 11) is -2.11. The maximum atomic E-state index is 13.6. The molecule has 5 heteroatoms. The molecule has 0 radical (unpaired) electrons. The number of rotatable bonds is 1. The van der Waals surface area contributed by atoms with Crippen LogP contribution in [0.25, 0.3) is 0 Å². The smallest absolute Gasteiger partial charge is 0.340 e. The quantitative estimate of drug-likeness (QED) is 0.323. The van der Waals surface area contributed by atoms with Crippen molar-refractivity contribution in [1.82, 2.24) is 0 Å². The van der Waals surface area contributed by atoms with Crippen LogP contribution in [0.15, 0.2) is 42.5 Å². The van der Waals surface area contributed by atoms with E-state index in [1.165, 1.54) is 89.7 Å². The number of ether oxygens (including phenoxy) is 1. The fourth-order valence-corrected chi connectivity index (χ4v) is 14.5. The summed E-state index contributed by atoms with van der Waals surface area (Å²) >= 11 is 0. The molecule has 1 fully saturated rings. The van der Waals surface area contributed by atoms with Crippen molar-refractivity contribution in [2.45, 2.75) is 88.3 Å². The number of fused-ring (bicyclic) bond motifs is 10. The van der Waals surface area contributed by atoms with Gasteiger partial charge in [0.15, 0.2) is 5.60 Å². The first kappa shape index (κ1) is 23.7. The molecule has 0 atom stereocenters. The lowest BCUT2D eigenvalue weighted by Gasteiger charge is -2.49. The first-order valence-corrected chi connectivity index (χ1v) is 17.4. The highest BCUT2D eigenvalue weighted by molar-refractivity contribution is 7.03. The summed E-state index contributed by atoms with van der Waals surface area (Å²) in [6.07, 6.45) is 13.0. The summed E-state index contributed by atoms with van der Waals surface area (Å²) in [5.74, 6) is -1.31. The highest BCUT2D eigenvalue weighted by Crippen LogP contribution is 2.52. The second-order valence-corrected chi connectivity index (χ2v) is 16.8. The first-order chi connectivity index (χ1) is 19.0. The van der Waals surface area contributed by atoms with E-state index in [0.717, 1.165) is 42.4 Å². The van der Waals surface area contributed by atoms with Crippen LogP contribution < -0.4 is 10.4 Å². The number of carboxylic acids is 1. The Hall–Kier alpha value is -3.18. The predicted molar refractivity (Wildman–Crippen MR) is 153 cm³/mol. The van der Waals surface area contributed by atoms with Gasteiger partial charge in [-0.3, -0.25) is 0 Å². The van der Waals surface area contributed by atoms with Crippen LogP contribution in [0.5, 0.6) is 0 Å². The molecule has 2 spiro atoms. The van der Waals surface area contributed by atoms with Crippen LogP contribution in [-0.2, 0) is 36.0 Å². The zero-order valence-electron chi connectivity index (χ0n) is 22.4. The van der Waals surface area contributed by atoms with Crippen molar-refractivity contribution in [2.75, 3.05) is 0 Å². The van der Waals surface area contributed by atoms with Gasteiger partial charge in [-0.05, 0) is 114 Å². The fourth-order valence-electron chi connectivity index (χ4n) is 8.73. The molecule has 0 saturated carbocycles. The Bertz CT molecular complexity index is 1510. The molecule has 0 bridgehead atoms. The van der Waals surface area contributed by atoms with Gasteiger partial charge in [0.05, 0.1) is 11.1 Å². The lowest BCUT2D eigenvalue weighted by atomic mass is 9.75. The summed E-state index contributed by atoms with van der Waals surface area (Å²) in [5, 5.41) is 12.9. The molecule has 39 heavy (non-hydrogen) atoms. The molecular formula is C34H34O4Si. The normalized spacial score (nSPS) is 21.4. The number of carbonyl (C=O) groups is 2. The number of hydrogen-bond acceptors (Lipinski definition) is 3. The molecule has 4 nitrogen and oxygen atoms in total. The van der Waals surface area contributed by atoms with Crippen LogP contribution in [-0.4, -0.2) is 25.1 Å². The number of aromatic carboxylic acids is 1. The first-order valence-electron chi connectivity index (χ1n) is 15.0. The Morgan fingerprint density at radius 1 is 0.692 bits per heavy atom. The topological polar surface area (TPSA) is 63.6 Å². The third-order valence-electron chi connectivity index (χ3n) is 10.6. The molecule has 3 aromatic carbocycles. The van der Waals surface area contributed by atoms with E-state index in [0.29, 0.717) is 5.56 Å². The van der Waals surface area contributed by atoms with E-state index in [9.17, 15) is 14.7 Å². The minimum atomic E-state index is -2.11. The lowest BCUT2D eigenvalue weighted by molar-refractivity contribution is 0.0254. The zero-order valence-corrected chi connectivity index (χ0v) is 23.4. The molecule has 1 saturated heterocycles. The summed E-state index contributed by atoms with van der Waals surface area (Å²) < 4.78 is 6.65. The van der Waals surface area contributed by atoms with Crippen LogP contribution in [0.1, 0.15) is 105 Å². The van der Waals surface area contributed by atoms with Gasteiger partial charge in [0.25, 0.3) is 0 Å². The Morgan fingerprint density at radius 2 is 1.23 bits per heavy atom. The molecule has 8 rings (SSSR count). The molecule has 3 aromatic rings. The molecule has 5 aliphatic rings. The van der Waals surface area contributed by atoms with E-state index in [4.69, 9.17) is 4.74 Å². The van der Waals surface area contributed by atoms with Gasteiger partial charge in [-0.25, -0.2) is 9.59 Å². The van der Waals surface area contributed by atoms with Gasteiger partial charge < -0.3 is 9.84 Å². The third-order valence-corrected chi connectivity index (χ3v) is 15.9. The molecule has 198 valence electrons. The zero-order chi connectivity index (χ0) is 26.4. The Morgan fingerprint density at radius 3 is 1.77 bits per heavy atom. The van der Waals surface area contributed by atoms with E-state index < -0.39 is 19.6 Å². The van der Waals surface area contributed by atoms with Gasteiger partial charge in [-0.15, -0.1) is 0 Å². The largest absolute Gasteiger partial charge is 0.478 e. The minimum Gasteiger partial charge on any atom is -0.478 e. The van der Waals surface area contributed by atoms with Gasteiger partial charge in [0.1, 0.15) is 8.07 Å². The number of esters is 1. The maximum absolute atomic E-state index is 13.6. The van der Waals surface area contributed by atoms with Gasteiger partial charge in [0, 0.05) is 16.7 Å². The molecule has 0 aromatic heterocycles. The monoisotopic (exact) mass is 534 g/mol. The number of hydrogen-bond donors (Lipinski definition) is 1. The summed E-state index contributed by atoms with van der Waals surface area (Å²) in [6, 6.07) is 17.3. The molecule has 3 aliphatic heterocycles. The van der Waals surface area contributed by atoms with Crippen molar-refractivity contribution in [3.63, 3.8) is 0 Å². The van der Waals surface area contributed by atoms with E-state index >= 15 is 0 Å². The van der Waals surface area contributed by atoms with Crippen molar-refractivity contribution in [3.05, 3.63) is 92.5 Å². The average Bonchev–Trinajstić information content (AvgIpc) is 3.27. The highest BCUT2D eigenvalue weighted by atomic mass is 28.3. The summed E-state index contributed by atoms with van der Waals surface area (Å²) in [6.45, 7) is 0. The Balaban J connectivity index is 1.52. The van der Waals surface area contributed by atoms with Gasteiger partial charge in [-0.2, -0.15) is 0 Å². The van der Waals surface area contributed by atoms with E-state index in [-0.39, 0.29) is 11.5 Å². The second kappa shape index (κ2) is 8.41. The van der Waals surface area contributed by atoms with Gasteiger partial charge in [-0.1, -0.05) is 43.5 Å². The molecular weight excluding hydrogens is 500 g/mol. The molecule has 0 amide bonds. The second-order valence-electron chi connectivity index (χ2n) is 12.5. The van der Waals surface area contributed by atoms with Crippen LogP contribution in [0.2, 0.25) is 12.1 Å². The third kappa shape index (κ3) is 3.17. The summed E-state index contributed by atoms with van der Waals surface area (Å²) in [4.78, 5) is 25.8. The number of benzene rings is 3. The predicted octanol–water partition coefficient (Wildman–Crippen LogP) is 5.67. The number of carbonyl (C=O) groups excluding carboxylic acids is 1. The number of carboxylic acid groups (broad SMARTS) is 1. The van der Waals surface area contributed by atoms with Crippen molar-refractivity contribution in [2.24, 2.45) is 0 Å². The Kier molecular flexibility index (Phi) is 5.11. The number of aryl methyl sites for hydroxylation is 4. The highest BCUT2D eigenvalue weighted by Gasteiger charge is 2.59. The van der Waals surface area contributed by atoms with E-state index in [2.05, 4.69) is 24.3 Å². The van der Waals surface area contributed by atoms with Crippen LogP contribution in [0, 0.1) is 0 Å². The van der Waals surface area contributed by atoms with Crippen LogP contribution in [0.3, 0.4) is 0 Å². The van der Waals surface area contributed by atoms with Crippen molar-refractivity contribution < 1.29 is 19.4 Å². The average molecular weight is 535 g/mol. The SMILES string of the molecule is O=C(O)c1ccc2c(c1)C1(OC2=O)c2cc3c(cc2[Si]2(CCCCC2)c2cc4c(cc21)CCCC4)CCCC3. The van der Waals surface area contributed by atoms with Crippen molar-refractivity contribution >= 4 is 30.4 Å². The van der Waals surface area contributed by atoms with Crippen LogP contribution >= 0.6 is 0 Å². The van der Waals surface area contributed by atoms with Crippen molar-refractivity contribution in [1.29, 1.82) is 0 Å². The van der Waals surface area contributed by atoms with E-state index in [1.807, 2.05) is 0 Å². The fraction of sp³-hybridized carbons (Fsp3) is 0.412. The maximum Gasteiger partial charge on any atom is 0.340 e. The van der Waals surface area contributed by atoms with Gasteiger partial charge >= 0.3 is 11.9 Å². The van der Waals surface area contributed by atoms with E-state index in [1.54, 1.807) is 18.2 Å². The Labute approximate surface area is 230 Å². The van der Waals surface area contributed by atoms with Crippen molar-refractivity contribution in [3.8, 4) is 0 Å². The summed E-state index contributed by atoms with van der Waals surface area (Å²) in [5.41, 5.74) is 8.41. The molecule has 2 aliphatic carbocycles. The molecule has 0 unspecified atom stereocenters. The lowest BCUT2D eigenvalue weighted by Crippen LogP contribution is -2.67. The minimum absolute atomic E-state index is 0.209. The standard InChI is InChI=1S/C34H34O4Si/c35-32(36)25-12-13-26-27(18-25)34(38-33(26)37)28-16-21-8-2-4-10-23(21)19-30(28)39(14-6-1-7-15-39)31-20-24-11-5-3-9-22(24)17-29(31)34/h12-13,16-20H,1-11,14-15H2,(H,35,36). The van der Waals surface area contributed by atoms with Crippen LogP contribution in [0.4, 0.5) is 0 Å². The molecule has 1 N–H and O–H groups in total. The van der Waals surface area contributed by atoms with Gasteiger partial charge in [0.2, 0.25) is 0 Å².